The molecule has 0 aromatic heterocycles. The van der Waals surface area contributed by atoms with Crippen molar-refractivity contribution in [2.75, 3.05) is 13.2 Å². The Balaban J connectivity index is 1.86. The molecule has 19 heavy (non-hydrogen) atoms. The average Bonchev–Trinajstić information content (AvgIpc) is 2.89. The van der Waals surface area contributed by atoms with Crippen molar-refractivity contribution in [1.29, 1.82) is 0 Å². The highest BCUT2D eigenvalue weighted by Gasteiger charge is 2.21. The third-order valence-electron chi connectivity index (χ3n) is 4.12. The second-order valence-corrected chi connectivity index (χ2v) is 6.74. The predicted molar refractivity (Wildman–Crippen MR) is 80.4 cm³/mol. The molecular weight excluding hydrogens is 234 g/mol. The van der Waals surface area contributed by atoms with E-state index in [0.29, 0.717) is 12.0 Å². The molecule has 106 valence electrons. The van der Waals surface area contributed by atoms with E-state index < -0.39 is 0 Å². The Morgan fingerprint density at radius 1 is 1.26 bits per heavy atom. The van der Waals surface area contributed by atoms with Gasteiger partial charge in [0.2, 0.25) is 0 Å². The summed E-state index contributed by atoms with van der Waals surface area (Å²) < 4.78 is 5.44. The van der Waals surface area contributed by atoms with Gasteiger partial charge < -0.3 is 10.1 Å². The lowest BCUT2D eigenvalue weighted by atomic mass is 9.87. The van der Waals surface area contributed by atoms with Crippen molar-refractivity contribution < 1.29 is 4.74 Å². The van der Waals surface area contributed by atoms with E-state index in [1.807, 2.05) is 0 Å². The summed E-state index contributed by atoms with van der Waals surface area (Å²) in [6, 6.07) is 9.52. The molecule has 0 amide bonds. The molecule has 1 aromatic rings. The summed E-state index contributed by atoms with van der Waals surface area (Å²) in [4.78, 5) is 0. The van der Waals surface area contributed by atoms with E-state index in [1.54, 1.807) is 0 Å². The van der Waals surface area contributed by atoms with Crippen LogP contribution in [0.2, 0.25) is 0 Å². The number of rotatable bonds is 4. The molecule has 0 aliphatic carbocycles. The first-order valence-electron chi connectivity index (χ1n) is 7.37. The SMILES string of the molecule is CC(NCc1ccc(C(C)(C)C)cc1)C1CCOC1. The van der Waals surface area contributed by atoms with Crippen LogP contribution in [0.25, 0.3) is 0 Å². The maximum Gasteiger partial charge on any atom is 0.0509 e. The molecule has 1 fully saturated rings. The van der Waals surface area contributed by atoms with E-state index >= 15 is 0 Å². The molecule has 1 saturated heterocycles. The first-order chi connectivity index (χ1) is 8.97. The number of nitrogens with one attached hydrogen (secondary N) is 1. The van der Waals surface area contributed by atoms with Crippen LogP contribution in [0.15, 0.2) is 24.3 Å². The van der Waals surface area contributed by atoms with E-state index in [-0.39, 0.29) is 5.41 Å². The molecule has 0 spiro atoms. The van der Waals surface area contributed by atoms with E-state index in [4.69, 9.17) is 4.74 Å². The van der Waals surface area contributed by atoms with E-state index in [1.165, 1.54) is 17.5 Å². The molecule has 2 rings (SSSR count). The summed E-state index contributed by atoms with van der Waals surface area (Å²) in [6.45, 7) is 11.8. The van der Waals surface area contributed by atoms with Gasteiger partial charge in [0, 0.05) is 19.2 Å². The predicted octanol–water partition coefficient (Wildman–Crippen LogP) is 3.50. The van der Waals surface area contributed by atoms with Crippen LogP contribution in [0.4, 0.5) is 0 Å². The third kappa shape index (κ3) is 4.05. The standard InChI is InChI=1S/C17H27NO/c1-13(15-9-10-19-12-15)18-11-14-5-7-16(8-6-14)17(2,3)4/h5-8,13,15,18H,9-12H2,1-4H3. The van der Waals surface area contributed by atoms with Gasteiger partial charge in [0.25, 0.3) is 0 Å². The van der Waals surface area contributed by atoms with Crippen molar-refractivity contribution in [2.45, 2.75) is 52.1 Å². The van der Waals surface area contributed by atoms with E-state index in [9.17, 15) is 0 Å². The Kier molecular flexibility index (Phi) is 4.64. The fourth-order valence-corrected chi connectivity index (χ4v) is 2.52. The maximum absolute atomic E-state index is 5.44. The molecule has 2 unspecified atom stereocenters. The molecule has 1 aliphatic rings. The van der Waals surface area contributed by atoms with Crippen molar-refractivity contribution in [3.05, 3.63) is 35.4 Å². The molecule has 1 heterocycles. The van der Waals surface area contributed by atoms with Gasteiger partial charge in [-0.15, -0.1) is 0 Å². The van der Waals surface area contributed by atoms with Crippen molar-refractivity contribution in [2.24, 2.45) is 5.92 Å². The van der Waals surface area contributed by atoms with Crippen molar-refractivity contribution in [1.82, 2.24) is 5.32 Å². The highest BCUT2D eigenvalue weighted by Crippen LogP contribution is 2.22. The smallest absolute Gasteiger partial charge is 0.0509 e. The zero-order chi connectivity index (χ0) is 13.9. The average molecular weight is 261 g/mol. The lowest BCUT2D eigenvalue weighted by molar-refractivity contribution is 0.178. The fourth-order valence-electron chi connectivity index (χ4n) is 2.52. The monoisotopic (exact) mass is 261 g/mol. The number of ether oxygens (including phenoxy) is 1. The Morgan fingerprint density at radius 3 is 2.47 bits per heavy atom. The molecule has 1 N–H and O–H groups in total. The summed E-state index contributed by atoms with van der Waals surface area (Å²) in [6.07, 6.45) is 1.19. The van der Waals surface area contributed by atoms with E-state index in [2.05, 4.69) is 57.3 Å². The van der Waals surface area contributed by atoms with Crippen LogP contribution < -0.4 is 5.32 Å². The summed E-state index contributed by atoms with van der Waals surface area (Å²) in [5, 5.41) is 3.62. The number of benzene rings is 1. The van der Waals surface area contributed by atoms with Gasteiger partial charge in [0.05, 0.1) is 6.61 Å². The van der Waals surface area contributed by atoms with Crippen LogP contribution in [0.5, 0.6) is 0 Å². The Hall–Kier alpha value is -0.860. The van der Waals surface area contributed by atoms with Crippen molar-refractivity contribution in [3.8, 4) is 0 Å². The molecule has 0 saturated carbocycles. The lowest BCUT2D eigenvalue weighted by Gasteiger charge is -2.21. The molecule has 0 radical (unpaired) electrons. The normalized spacial score (nSPS) is 21.6. The summed E-state index contributed by atoms with van der Waals surface area (Å²) >= 11 is 0. The van der Waals surface area contributed by atoms with Gasteiger partial charge in [-0.25, -0.2) is 0 Å². The largest absolute Gasteiger partial charge is 0.381 e. The Bertz CT molecular complexity index is 385. The Labute approximate surface area is 117 Å². The highest BCUT2D eigenvalue weighted by molar-refractivity contribution is 5.27. The summed E-state index contributed by atoms with van der Waals surface area (Å²) in [5.41, 5.74) is 2.99. The minimum atomic E-state index is 0.237. The van der Waals surface area contributed by atoms with Crippen LogP contribution in [-0.4, -0.2) is 19.3 Å². The van der Waals surface area contributed by atoms with Crippen LogP contribution in [0.1, 0.15) is 45.2 Å². The fraction of sp³-hybridized carbons (Fsp3) is 0.647. The topological polar surface area (TPSA) is 21.3 Å². The quantitative estimate of drug-likeness (QED) is 0.895. The molecule has 2 heteroatoms. The van der Waals surface area contributed by atoms with Crippen LogP contribution in [0.3, 0.4) is 0 Å². The minimum absolute atomic E-state index is 0.237. The number of hydrogen-bond donors (Lipinski definition) is 1. The van der Waals surface area contributed by atoms with Gasteiger partial charge in [-0.3, -0.25) is 0 Å². The number of hydrogen-bond acceptors (Lipinski definition) is 2. The zero-order valence-electron chi connectivity index (χ0n) is 12.7. The second kappa shape index (κ2) is 6.06. The van der Waals surface area contributed by atoms with E-state index in [0.717, 1.165) is 19.8 Å². The second-order valence-electron chi connectivity index (χ2n) is 6.74. The third-order valence-corrected chi connectivity index (χ3v) is 4.12. The Morgan fingerprint density at radius 2 is 1.95 bits per heavy atom. The maximum atomic E-state index is 5.44. The molecule has 0 bridgehead atoms. The summed E-state index contributed by atoms with van der Waals surface area (Å²) in [5.74, 6) is 0.675. The first kappa shape index (κ1) is 14.5. The molecular formula is C17H27NO. The molecule has 1 aromatic carbocycles. The first-order valence-corrected chi connectivity index (χ1v) is 7.37. The molecule has 1 aliphatic heterocycles. The van der Waals surface area contributed by atoms with Crippen molar-refractivity contribution in [3.63, 3.8) is 0 Å². The van der Waals surface area contributed by atoms with Crippen LogP contribution >= 0.6 is 0 Å². The van der Waals surface area contributed by atoms with Gasteiger partial charge in [-0.05, 0) is 35.8 Å². The van der Waals surface area contributed by atoms with Crippen LogP contribution in [-0.2, 0) is 16.7 Å². The lowest BCUT2D eigenvalue weighted by Crippen LogP contribution is -2.33. The van der Waals surface area contributed by atoms with Gasteiger partial charge in [-0.1, -0.05) is 45.0 Å². The summed E-state index contributed by atoms with van der Waals surface area (Å²) in [7, 11) is 0. The van der Waals surface area contributed by atoms with Gasteiger partial charge in [-0.2, -0.15) is 0 Å². The molecule has 2 nitrogen and oxygen atoms in total. The zero-order valence-corrected chi connectivity index (χ0v) is 12.7. The highest BCUT2D eigenvalue weighted by atomic mass is 16.5. The van der Waals surface area contributed by atoms with Crippen LogP contribution in [0, 0.1) is 5.92 Å². The van der Waals surface area contributed by atoms with Crippen molar-refractivity contribution >= 4 is 0 Å². The molecule has 2 atom stereocenters. The van der Waals surface area contributed by atoms with Gasteiger partial charge in [0.1, 0.15) is 0 Å². The minimum Gasteiger partial charge on any atom is -0.381 e. The van der Waals surface area contributed by atoms with Gasteiger partial charge >= 0.3 is 0 Å². The van der Waals surface area contributed by atoms with Gasteiger partial charge in [0.15, 0.2) is 0 Å².